The Kier molecular flexibility index (Phi) is 1.10. The smallest absolute Gasteiger partial charge is 0.127 e. The standard InChI is InChI=1S/C9H8O/c10-6-8-5-7-3-1-2-4-9(7)8/h1-4,6,8H,5H2. The Morgan fingerprint density at radius 2 is 2.20 bits per heavy atom. The normalized spacial score (nSPS) is 21.0. The zero-order valence-electron chi connectivity index (χ0n) is 5.58. The summed E-state index contributed by atoms with van der Waals surface area (Å²) in [5.74, 6) is 0.191. The van der Waals surface area contributed by atoms with Crippen molar-refractivity contribution in [2.75, 3.05) is 0 Å². The molecule has 1 aromatic rings. The van der Waals surface area contributed by atoms with Gasteiger partial charge in [0.25, 0.3) is 0 Å². The van der Waals surface area contributed by atoms with E-state index < -0.39 is 0 Å². The van der Waals surface area contributed by atoms with Gasteiger partial charge in [-0.1, -0.05) is 24.3 Å². The molecule has 0 aromatic heterocycles. The molecular weight excluding hydrogens is 124 g/mol. The van der Waals surface area contributed by atoms with Gasteiger partial charge in [0, 0.05) is 5.92 Å². The van der Waals surface area contributed by atoms with Crippen LogP contribution in [0.2, 0.25) is 0 Å². The molecule has 1 aliphatic carbocycles. The molecule has 1 aliphatic rings. The van der Waals surface area contributed by atoms with E-state index in [9.17, 15) is 4.79 Å². The van der Waals surface area contributed by atoms with Crippen LogP contribution in [0.5, 0.6) is 0 Å². The molecule has 0 bridgehead atoms. The van der Waals surface area contributed by atoms with Crippen molar-refractivity contribution in [1.29, 1.82) is 0 Å². The molecule has 0 heterocycles. The van der Waals surface area contributed by atoms with Crippen molar-refractivity contribution in [2.24, 2.45) is 0 Å². The van der Waals surface area contributed by atoms with E-state index in [0.717, 1.165) is 12.7 Å². The Balaban J connectivity index is 2.42. The molecule has 1 unspecified atom stereocenters. The highest BCUT2D eigenvalue weighted by Gasteiger charge is 2.23. The van der Waals surface area contributed by atoms with Crippen LogP contribution in [-0.2, 0) is 11.2 Å². The Labute approximate surface area is 59.7 Å². The van der Waals surface area contributed by atoms with Crippen molar-refractivity contribution in [3.63, 3.8) is 0 Å². The number of rotatable bonds is 1. The number of hydrogen-bond donors (Lipinski definition) is 0. The van der Waals surface area contributed by atoms with Crippen molar-refractivity contribution in [3.05, 3.63) is 35.4 Å². The molecule has 0 amide bonds. The van der Waals surface area contributed by atoms with Crippen LogP contribution in [0.3, 0.4) is 0 Å². The predicted octanol–water partition coefficient (Wildman–Crippen LogP) is 1.53. The molecule has 0 aliphatic heterocycles. The van der Waals surface area contributed by atoms with E-state index in [2.05, 4.69) is 6.07 Å². The first-order valence-electron chi connectivity index (χ1n) is 3.45. The molecule has 0 spiro atoms. The zero-order valence-corrected chi connectivity index (χ0v) is 5.58. The molecule has 1 heteroatoms. The molecular formula is C9H8O. The first-order chi connectivity index (χ1) is 4.92. The fourth-order valence-corrected chi connectivity index (χ4v) is 1.42. The Morgan fingerprint density at radius 3 is 2.90 bits per heavy atom. The van der Waals surface area contributed by atoms with E-state index >= 15 is 0 Å². The lowest BCUT2D eigenvalue weighted by Crippen LogP contribution is -2.17. The molecule has 1 aromatic carbocycles. The summed E-state index contributed by atoms with van der Waals surface area (Å²) in [4.78, 5) is 10.3. The van der Waals surface area contributed by atoms with E-state index in [1.54, 1.807) is 0 Å². The van der Waals surface area contributed by atoms with Gasteiger partial charge in [-0.05, 0) is 17.5 Å². The maximum absolute atomic E-state index is 10.3. The van der Waals surface area contributed by atoms with Crippen molar-refractivity contribution in [3.8, 4) is 0 Å². The number of fused-ring (bicyclic) bond motifs is 1. The first kappa shape index (κ1) is 5.66. The summed E-state index contributed by atoms with van der Waals surface area (Å²) < 4.78 is 0. The van der Waals surface area contributed by atoms with E-state index in [1.807, 2.05) is 18.2 Å². The van der Waals surface area contributed by atoms with E-state index in [4.69, 9.17) is 0 Å². The number of carbonyl (C=O) groups excluding carboxylic acids is 1. The van der Waals surface area contributed by atoms with Gasteiger partial charge in [-0.2, -0.15) is 0 Å². The van der Waals surface area contributed by atoms with Crippen LogP contribution in [0.1, 0.15) is 17.0 Å². The minimum absolute atomic E-state index is 0.191. The quantitative estimate of drug-likeness (QED) is 0.529. The second-order valence-corrected chi connectivity index (χ2v) is 2.65. The Hall–Kier alpha value is -1.11. The molecule has 50 valence electrons. The van der Waals surface area contributed by atoms with Gasteiger partial charge in [-0.15, -0.1) is 0 Å². The summed E-state index contributed by atoms with van der Waals surface area (Å²) in [6.07, 6.45) is 1.97. The lowest BCUT2D eigenvalue weighted by molar-refractivity contribution is -0.109. The molecule has 0 saturated heterocycles. The third-order valence-corrected chi connectivity index (χ3v) is 2.06. The van der Waals surface area contributed by atoms with E-state index in [0.29, 0.717) is 0 Å². The Morgan fingerprint density at radius 1 is 1.40 bits per heavy atom. The molecule has 1 atom stereocenters. The second-order valence-electron chi connectivity index (χ2n) is 2.65. The van der Waals surface area contributed by atoms with E-state index in [1.165, 1.54) is 11.1 Å². The summed E-state index contributed by atoms with van der Waals surface area (Å²) in [6.45, 7) is 0. The SMILES string of the molecule is O=CC1Cc2ccccc21. The summed E-state index contributed by atoms with van der Waals surface area (Å²) in [7, 11) is 0. The first-order valence-corrected chi connectivity index (χ1v) is 3.45. The fourth-order valence-electron chi connectivity index (χ4n) is 1.42. The third kappa shape index (κ3) is 0.604. The van der Waals surface area contributed by atoms with Crippen LogP contribution in [-0.4, -0.2) is 6.29 Å². The van der Waals surface area contributed by atoms with Gasteiger partial charge in [0.2, 0.25) is 0 Å². The Bertz CT molecular complexity index is 265. The lowest BCUT2D eigenvalue weighted by atomic mass is 9.79. The summed E-state index contributed by atoms with van der Waals surface area (Å²) in [5, 5.41) is 0. The van der Waals surface area contributed by atoms with Gasteiger partial charge in [0.1, 0.15) is 6.29 Å². The summed E-state index contributed by atoms with van der Waals surface area (Å²) in [6, 6.07) is 8.10. The topological polar surface area (TPSA) is 17.1 Å². The van der Waals surface area contributed by atoms with Crippen LogP contribution in [0.15, 0.2) is 24.3 Å². The average molecular weight is 132 g/mol. The molecule has 0 radical (unpaired) electrons. The highest BCUT2D eigenvalue weighted by molar-refractivity contribution is 5.68. The van der Waals surface area contributed by atoms with Gasteiger partial charge in [0.15, 0.2) is 0 Å². The largest absolute Gasteiger partial charge is 0.303 e. The van der Waals surface area contributed by atoms with Crippen LogP contribution in [0.25, 0.3) is 0 Å². The molecule has 0 fully saturated rings. The molecule has 2 rings (SSSR count). The van der Waals surface area contributed by atoms with Gasteiger partial charge in [-0.25, -0.2) is 0 Å². The van der Waals surface area contributed by atoms with E-state index in [-0.39, 0.29) is 5.92 Å². The number of benzene rings is 1. The monoisotopic (exact) mass is 132 g/mol. The highest BCUT2D eigenvalue weighted by atomic mass is 16.1. The minimum Gasteiger partial charge on any atom is -0.303 e. The average Bonchev–Trinajstić information content (AvgIpc) is 1.92. The predicted molar refractivity (Wildman–Crippen MR) is 39.0 cm³/mol. The molecule has 0 saturated carbocycles. The van der Waals surface area contributed by atoms with Gasteiger partial charge in [0.05, 0.1) is 0 Å². The second kappa shape index (κ2) is 1.94. The fraction of sp³-hybridized carbons (Fsp3) is 0.222. The van der Waals surface area contributed by atoms with Crippen LogP contribution >= 0.6 is 0 Å². The maximum Gasteiger partial charge on any atom is 0.127 e. The van der Waals surface area contributed by atoms with Crippen molar-refractivity contribution in [1.82, 2.24) is 0 Å². The molecule has 0 N–H and O–H groups in total. The summed E-state index contributed by atoms with van der Waals surface area (Å²) in [5.41, 5.74) is 2.55. The van der Waals surface area contributed by atoms with Crippen molar-refractivity contribution < 1.29 is 4.79 Å². The number of hydrogen-bond acceptors (Lipinski definition) is 1. The minimum atomic E-state index is 0.191. The maximum atomic E-state index is 10.3. The third-order valence-electron chi connectivity index (χ3n) is 2.06. The number of carbonyl (C=O) groups is 1. The molecule has 10 heavy (non-hydrogen) atoms. The zero-order chi connectivity index (χ0) is 6.97. The summed E-state index contributed by atoms with van der Waals surface area (Å²) >= 11 is 0. The van der Waals surface area contributed by atoms with Gasteiger partial charge in [-0.3, -0.25) is 0 Å². The van der Waals surface area contributed by atoms with Crippen LogP contribution in [0, 0.1) is 0 Å². The van der Waals surface area contributed by atoms with Crippen LogP contribution in [0.4, 0.5) is 0 Å². The number of aldehydes is 1. The van der Waals surface area contributed by atoms with Crippen molar-refractivity contribution >= 4 is 6.29 Å². The van der Waals surface area contributed by atoms with Gasteiger partial charge < -0.3 is 4.79 Å². The lowest BCUT2D eigenvalue weighted by Gasteiger charge is -2.24. The van der Waals surface area contributed by atoms with Crippen LogP contribution < -0.4 is 0 Å². The highest BCUT2D eigenvalue weighted by Crippen LogP contribution is 2.32. The molecule has 1 nitrogen and oxygen atoms in total. The van der Waals surface area contributed by atoms with Crippen molar-refractivity contribution in [2.45, 2.75) is 12.3 Å². The van der Waals surface area contributed by atoms with Gasteiger partial charge >= 0.3 is 0 Å².